The van der Waals surface area contributed by atoms with E-state index in [1.54, 1.807) is 18.3 Å². The highest BCUT2D eigenvalue weighted by Crippen LogP contribution is 2.22. The first-order valence-corrected chi connectivity index (χ1v) is 9.05. The van der Waals surface area contributed by atoms with Crippen molar-refractivity contribution in [2.75, 3.05) is 26.4 Å². The Morgan fingerprint density at radius 2 is 2.12 bits per heavy atom. The fraction of sp³-hybridized carbons (Fsp3) is 0.684. The number of ether oxygens (including phenoxy) is 2. The number of amides is 1. The second-order valence-electron chi connectivity index (χ2n) is 7.35. The molecule has 6 heteroatoms. The summed E-state index contributed by atoms with van der Waals surface area (Å²) in [5, 5.41) is 9.20. The Morgan fingerprint density at radius 3 is 2.76 bits per heavy atom. The summed E-state index contributed by atoms with van der Waals surface area (Å²) in [6.45, 7) is 7.75. The van der Waals surface area contributed by atoms with Crippen molar-refractivity contribution in [3.05, 3.63) is 23.9 Å². The van der Waals surface area contributed by atoms with Gasteiger partial charge in [0, 0.05) is 31.5 Å². The smallest absolute Gasteiger partial charge is 0.255 e. The van der Waals surface area contributed by atoms with Crippen LogP contribution < -0.4 is 4.74 Å². The Labute approximate surface area is 150 Å². The van der Waals surface area contributed by atoms with Gasteiger partial charge in [-0.15, -0.1) is 0 Å². The van der Waals surface area contributed by atoms with Crippen LogP contribution in [0.15, 0.2) is 18.3 Å². The topological polar surface area (TPSA) is 71.9 Å². The molecule has 0 radical (unpaired) electrons. The minimum atomic E-state index is -0.188. The Bertz CT molecular complexity index is 537. The van der Waals surface area contributed by atoms with Crippen molar-refractivity contribution in [2.45, 2.75) is 58.1 Å². The summed E-state index contributed by atoms with van der Waals surface area (Å²) in [6, 6.07) is 3.59. The molecule has 1 aliphatic rings. The first kappa shape index (κ1) is 19.7. The molecule has 1 N–H and O–H groups in total. The monoisotopic (exact) mass is 350 g/mol. The van der Waals surface area contributed by atoms with Crippen LogP contribution in [-0.2, 0) is 4.74 Å². The van der Waals surface area contributed by atoms with Crippen LogP contribution in [0.3, 0.4) is 0 Å². The molecule has 1 amide bonds. The van der Waals surface area contributed by atoms with Crippen LogP contribution in [0.4, 0.5) is 0 Å². The Balaban J connectivity index is 1.89. The van der Waals surface area contributed by atoms with E-state index >= 15 is 0 Å². The zero-order valence-corrected chi connectivity index (χ0v) is 15.5. The molecule has 0 aromatic carbocycles. The van der Waals surface area contributed by atoms with E-state index in [4.69, 9.17) is 9.47 Å². The highest BCUT2D eigenvalue weighted by atomic mass is 16.5. The highest BCUT2D eigenvalue weighted by molar-refractivity contribution is 5.94. The summed E-state index contributed by atoms with van der Waals surface area (Å²) in [5.74, 6) is 0.466. The largest absolute Gasteiger partial charge is 0.475 e. The lowest BCUT2D eigenvalue weighted by atomic mass is 9.98. The first-order chi connectivity index (χ1) is 11.9. The lowest BCUT2D eigenvalue weighted by molar-refractivity contribution is -0.0168. The molecule has 6 nitrogen and oxygen atoms in total. The maximum atomic E-state index is 12.7. The maximum Gasteiger partial charge on any atom is 0.255 e. The van der Waals surface area contributed by atoms with Gasteiger partial charge in [-0.2, -0.15) is 0 Å². The summed E-state index contributed by atoms with van der Waals surface area (Å²) in [4.78, 5) is 18.8. The van der Waals surface area contributed by atoms with Crippen molar-refractivity contribution in [3.8, 4) is 5.88 Å². The third-order valence-electron chi connectivity index (χ3n) is 4.20. The standard InChI is InChI=1S/C19H30N2O4/c1-19(2,3)25-13-12-24-17-8-7-15(14-20-17)18(23)21-10-5-4-6-16(21)9-11-22/h7-8,14,16,22H,4-6,9-13H2,1-3H3. The number of aromatic nitrogens is 1. The Morgan fingerprint density at radius 1 is 1.32 bits per heavy atom. The van der Waals surface area contributed by atoms with Gasteiger partial charge in [0.15, 0.2) is 0 Å². The molecule has 1 saturated heterocycles. The number of hydrogen-bond acceptors (Lipinski definition) is 5. The number of pyridine rings is 1. The molecule has 1 fully saturated rings. The van der Waals surface area contributed by atoms with Crippen LogP contribution in [0, 0.1) is 0 Å². The van der Waals surface area contributed by atoms with E-state index < -0.39 is 0 Å². The molecule has 1 aliphatic heterocycles. The quantitative estimate of drug-likeness (QED) is 0.766. The van der Waals surface area contributed by atoms with E-state index in [-0.39, 0.29) is 24.2 Å². The van der Waals surface area contributed by atoms with Gasteiger partial charge >= 0.3 is 0 Å². The van der Waals surface area contributed by atoms with Crippen molar-refractivity contribution in [1.82, 2.24) is 9.88 Å². The van der Waals surface area contributed by atoms with Crippen molar-refractivity contribution in [1.29, 1.82) is 0 Å². The molecule has 1 aromatic rings. The SMILES string of the molecule is CC(C)(C)OCCOc1ccc(C(=O)N2CCCCC2CCO)cn1. The van der Waals surface area contributed by atoms with Gasteiger partial charge in [-0.25, -0.2) is 4.98 Å². The van der Waals surface area contributed by atoms with Gasteiger partial charge in [0.2, 0.25) is 5.88 Å². The van der Waals surface area contributed by atoms with Gasteiger partial charge in [-0.05, 0) is 52.5 Å². The van der Waals surface area contributed by atoms with Crippen molar-refractivity contribution in [3.63, 3.8) is 0 Å². The molecule has 0 spiro atoms. The second kappa shape index (κ2) is 9.15. The minimum absolute atomic E-state index is 0.0201. The van der Waals surface area contributed by atoms with E-state index in [2.05, 4.69) is 4.98 Å². The molecule has 140 valence electrons. The fourth-order valence-electron chi connectivity index (χ4n) is 2.97. The maximum absolute atomic E-state index is 12.7. The zero-order chi connectivity index (χ0) is 18.3. The molecule has 1 unspecified atom stereocenters. The van der Waals surface area contributed by atoms with Gasteiger partial charge in [-0.3, -0.25) is 4.79 Å². The van der Waals surface area contributed by atoms with Gasteiger partial charge in [0.05, 0.1) is 17.8 Å². The average Bonchev–Trinajstić information content (AvgIpc) is 2.59. The molecule has 0 saturated carbocycles. The molecule has 0 bridgehead atoms. The first-order valence-electron chi connectivity index (χ1n) is 9.05. The van der Waals surface area contributed by atoms with Gasteiger partial charge in [-0.1, -0.05) is 0 Å². The number of nitrogens with zero attached hydrogens (tertiary/aromatic N) is 2. The predicted molar refractivity (Wildman–Crippen MR) is 95.8 cm³/mol. The molecule has 2 heterocycles. The molecular formula is C19H30N2O4. The third kappa shape index (κ3) is 6.29. The number of aliphatic hydroxyl groups is 1. The molecular weight excluding hydrogens is 320 g/mol. The molecule has 1 aromatic heterocycles. The van der Waals surface area contributed by atoms with Gasteiger partial charge < -0.3 is 19.5 Å². The lowest BCUT2D eigenvalue weighted by Crippen LogP contribution is -2.44. The fourth-order valence-corrected chi connectivity index (χ4v) is 2.97. The van der Waals surface area contributed by atoms with E-state index in [0.717, 1.165) is 25.8 Å². The second-order valence-corrected chi connectivity index (χ2v) is 7.35. The molecule has 25 heavy (non-hydrogen) atoms. The Hall–Kier alpha value is -1.66. The molecule has 0 aliphatic carbocycles. The van der Waals surface area contributed by atoms with Crippen LogP contribution in [0.5, 0.6) is 5.88 Å². The average molecular weight is 350 g/mol. The van der Waals surface area contributed by atoms with Crippen molar-refractivity contribution < 1.29 is 19.4 Å². The number of likely N-dealkylation sites (tertiary alicyclic amines) is 1. The van der Waals surface area contributed by atoms with Gasteiger partial charge in [0.25, 0.3) is 5.91 Å². The third-order valence-corrected chi connectivity index (χ3v) is 4.20. The summed E-state index contributed by atoms with van der Waals surface area (Å²) in [5.41, 5.74) is 0.371. The number of aliphatic hydroxyl groups excluding tert-OH is 1. The van der Waals surface area contributed by atoms with E-state index in [0.29, 0.717) is 31.1 Å². The van der Waals surface area contributed by atoms with Crippen LogP contribution in [0.25, 0.3) is 0 Å². The highest BCUT2D eigenvalue weighted by Gasteiger charge is 2.27. The molecule has 2 rings (SSSR count). The zero-order valence-electron chi connectivity index (χ0n) is 15.5. The minimum Gasteiger partial charge on any atom is -0.475 e. The normalized spacial score (nSPS) is 18.2. The number of piperidine rings is 1. The van der Waals surface area contributed by atoms with E-state index in [9.17, 15) is 9.90 Å². The van der Waals surface area contributed by atoms with Crippen LogP contribution in [0.1, 0.15) is 56.8 Å². The summed E-state index contributed by atoms with van der Waals surface area (Å²) in [7, 11) is 0. The van der Waals surface area contributed by atoms with E-state index in [1.165, 1.54) is 0 Å². The van der Waals surface area contributed by atoms with Crippen molar-refractivity contribution in [2.24, 2.45) is 0 Å². The summed E-state index contributed by atoms with van der Waals surface area (Å²) < 4.78 is 11.1. The molecule has 1 atom stereocenters. The Kier molecular flexibility index (Phi) is 7.20. The van der Waals surface area contributed by atoms with Gasteiger partial charge in [0.1, 0.15) is 6.61 Å². The number of rotatable bonds is 7. The summed E-state index contributed by atoms with van der Waals surface area (Å²) in [6.07, 6.45) is 5.27. The van der Waals surface area contributed by atoms with Crippen molar-refractivity contribution >= 4 is 5.91 Å². The summed E-state index contributed by atoms with van der Waals surface area (Å²) >= 11 is 0. The van der Waals surface area contributed by atoms with Crippen LogP contribution in [-0.4, -0.2) is 58.9 Å². The predicted octanol–water partition coefficient (Wildman–Crippen LogP) is 2.65. The number of hydrogen-bond donors (Lipinski definition) is 1. The van der Waals surface area contributed by atoms with Crippen LogP contribution in [0.2, 0.25) is 0 Å². The van der Waals surface area contributed by atoms with E-state index in [1.807, 2.05) is 25.7 Å². The number of carbonyl (C=O) groups is 1. The van der Waals surface area contributed by atoms with Crippen LogP contribution >= 0.6 is 0 Å². The number of carbonyl (C=O) groups excluding carboxylic acids is 1. The lowest BCUT2D eigenvalue weighted by Gasteiger charge is -2.35.